The van der Waals surface area contributed by atoms with Crippen LogP contribution in [0.3, 0.4) is 0 Å². The highest BCUT2D eigenvalue weighted by atomic mass is 19.4. The number of aromatic nitrogens is 1. The molecular formula is C10H13F3N2. The molecule has 0 fully saturated rings. The molecule has 5 heteroatoms. The van der Waals surface area contributed by atoms with E-state index in [1.807, 2.05) is 13.0 Å². The van der Waals surface area contributed by atoms with E-state index in [4.69, 9.17) is 0 Å². The van der Waals surface area contributed by atoms with Crippen LogP contribution in [0.15, 0.2) is 18.3 Å². The normalized spacial score (nSPS) is 11.7. The lowest BCUT2D eigenvalue weighted by Gasteiger charge is -2.08. The molecule has 0 unspecified atom stereocenters. The van der Waals surface area contributed by atoms with Crippen molar-refractivity contribution in [2.45, 2.75) is 26.1 Å². The van der Waals surface area contributed by atoms with Crippen molar-refractivity contribution in [2.75, 3.05) is 6.54 Å². The predicted octanol–water partition coefficient (Wildman–Crippen LogP) is 2.43. The van der Waals surface area contributed by atoms with Crippen LogP contribution in [0.1, 0.15) is 17.7 Å². The summed E-state index contributed by atoms with van der Waals surface area (Å²) in [7, 11) is 0. The van der Waals surface area contributed by atoms with E-state index < -0.39 is 12.6 Å². The van der Waals surface area contributed by atoms with Crippen LogP contribution in [0.5, 0.6) is 0 Å². The highest BCUT2D eigenvalue weighted by Crippen LogP contribution is 2.18. The minimum atomic E-state index is -4.09. The van der Waals surface area contributed by atoms with Gasteiger partial charge in [0.15, 0.2) is 0 Å². The second-order valence-corrected chi connectivity index (χ2v) is 3.29. The molecule has 0 saturated carbocycles. The largest absolute Gasteiger partial charge is 0.390 e. The third kappa shape index (κ3) is 4.78. The van der Waals surface area contributed by atoms with Gasteiger partial charge in [-0.2, -0.15) is 13.2 Å². The lowest BCUT2D eigenvalue weighted by molar-refractivity contribution is -0.133. The Balaban J connectivity index is 2.30. The van der Waals surface area contributed by atoms with E-state index in [9.17, 15) is 13.2 Å². The standard InChI is InChI=1S/C10H13F3N2/c1-8-9(3-2-5-15-8)7-14-6-4-10(11,12)13/h2-3,5,14H,4,6-7H2,1H3. The van der Waals surface area contributed by atoms with Crippen LogP contribution in [0, 0.1) is 6.92 Å². The maximum Gasteiger partial charge on any atom is 0.390 e. The zero-order valence-corrected chi connectivity index (χ0v) is 8.43. The van der Waals surface area contributed by atoms with Crippen LogP contribution in [0.4, 0.5) is 13.2 Å². The zero-order valence-electron chi connectivity index (χ0n) is 8.43. The van der Waals surface area contributed by atoms with Crippen molar-refractivity contribution in [3.8, 4) is 0 Å². The molecule has 0 amide bonds. The topological polar surface area (TPSA) is 24.9 Å². The van der Waals surface area contributed by atoms with E-state index >= 15 is 0 Å². The van der Waals surface area contributed by atoms with Gasteiger partial charge >= 0.3 is 6.18 Å². The first kappa shape index (κ1) is 12.0. The lowest BCUT2D eigenvalue weighted by atomic mass is 10.2. The van der Waals surface area contributed by atoms with Crippen LogP contribution < -0.4 is 5.32 Å². The summed E-state index contributed by atoms with van der Waals surface area (Å²) in [5.74, 6) is 0. The SMILES string of the molecule is Cc1ncccc1CNCCC(F)(F)F. The molecule has 84 valence electrons. The Kier molecular flexibility index (Phi) is 4.08. The summed E-state index contributed by atoms with van der Waals surface area (Å²) >= 11 is 0. The van der Waals surface area contributed by atoms with E-state index in [0.29, 0.717) is 6.54 Å². The van der Waals surface area contributed by atoms with E-state index in [0.717, 1.165) is 11.3 Å². The second kappa shape index (κ2) is 5.11. The fourth-order valence-corrected chi connectivity index (χ4v) is 1.16. The number of nitrogens with zero attached hydrogens (tertiary/aromatic N) is 1. The molecule has 0 bridgehead atoms. The summed E-state index contributed by atoms with van der Waals surface area (Å²) in [6.45, 7) is 2.20. The number of alkyl halides is 3. The molecule has 1 aromatic rings. The zero-order chi connectivity index (χ0) is 11.3. The fourth-order valence-electron chi connectivity index (χ4n) is 1.16. The molecule has 0 aliphatic carbocycles. The monoisotopic (exact) mass is 218 g/mol. The van der Waals surface area contributed by atoms with Gasteiger partial charge in [0, 0.05) is 25.0 Å². The second-order valence-electron chi connectivity index (χ2n) is 3.29. The Bertz CT molecular complexity index is 310. The molecule has 0 saturated heterocycles. The van der Waals surface area contributed by atoms with Gasteiger partial charge in [-0.1, -0.05) is 6.07 Å². The van der Waals surface area contributed by atoms with Crippen LogP contribution in [0.25, 0.3) is 0 Å². The number of pyridine rings is 1. The minimum absolute atomic E-state index is 0.0577. The molecule has 1 N–H and O–H groups in total. The summed E-state index contributed by atoms with van der Waals surface area (Å²) in [5, 5.41) is 2.74. The van der Waals surface area contributed by atoms with Crippen molar-refractivity contribution in [1.82, 2.24) is 10.3 Å². The van der Waals surface area contributed by atoms with E-state index in [1.54, 1.807) is 12.3 Å². The molecule has 0 spiro atoms. The molecule has 0 aliphatic heterocycles. The molecule has 15 heavy (non-hydrogen) atoms. The third-order valence-corrected chi connectivity index (χ3v) is 2.02. The molecule has 1 aromatic heterocycles. The maximum atomic E-state index is 11.8. The van der Waals surface area contributed by atoms with Gasteiger partial charge < -0.3 is 5.32 Å². The summed E-state index contributed by atoms with van der Waals surface area (Å²) < 4.78 is 35.4. The first-order valence-electron chi connectivity index (χ1n) is 4.67. The van der Waals surface area contributed by atoms with Crippen molar-refractivity contribution >= 4 is 0 Å². The van der Waals surface area contributed by atoms with Crippen molar-refractivity contribution in [2.24, 2.45) is 0 Å². The van der Waals surface area contributed by atoms with Crippen molar-refractivity contribution in [3.63, 3.8) is 0 Å². The minimum Gasteiger partial charge on any atom is -0.312 e. The number of hydrogen-bond acceptors (Lipinski definition) is 2. The molecule has 1 rings (SSSR count). The molecule has 0 aromatic carbocycles. The van der Waals surface area contributed by atoms with Gasteiger partial charge in [0.2, 0.25) is 0 Å². The number of nitrogens with one attached hydrogen (secondary N) is 1. The molecule has 0 radical (unpaired) electrons. The van der Waals surface area contributed by atoms with Crippen LogP contribution in [-0.2, 0) is 6.54 Å². The van der Waals surface area contributed by atoms with Gasteiger partial charge in [0.05, 0.1) is 6.42 Å². The highest BCUT2D eigenvalue weighted by Gasteiger charge is 2.25. The lowest BCUT2D eigenvalue weighted by Crippen LogP contribution is -2.21. The quantitative estimate of drug-likeness (QED) is 0.785. The highest BCUT2D eigenvalue weighted by molar-refractivity contribution is 5.17. The van der Waals surface area contributed by atoms with Crippen LogP contribution in [-0.4, -0.2) is 17.7 Å². The van der Waals surface area contributed by atoms with Gasteiger partial charge in [-0.15, -0.1) is 0 Å². The summed E-state index contributed by atoms with van der Waals surface area (Å²) in [6, 6.07) is 3.62. The molecule has 1 heterocycles. The predicted molar refractivity (Wildman–Crippen MR) is 51.4 cm³/mol. The Morgan fingerprint density at radius 1 is 1.40 bits per heavy atom. The smallest absolute Gasteiger partial charge is 0.312 e. The van der Waals surface area contributed by atoms with E-state index in [2.05, 4.69) is 10.3 Å². The van der Waals surface area contributed by atoms with Crippen LogP contribution >= 0.6 is 0 Å². The van der Waals surface area contributed by atoms with E-state index in [1.165, 1.54) is 0 Å². The molecule has 2 nitrogen and oxygen atoms in total. The summed E-state index contributed by atoms with van der Waals surface area (Å²) in [6.07, 6.45) is -3.22. The van der Waals surface area contributed by atoms with Gasteiger partial charge in [-0.25, -0.2) is 0 Å². The summed E-state index contributed by atoms with van der Waals surface area (Å²) in [5.41, 5.74) is 1.77. The average molecular weight is 218 g/mol. The first-order chi connectivity index (χ1) is 6.99. The van der Waals surface area contributed by atoms with Crippen molar-refractivity contribution in [1.29, 1.82) is 0 Å². The van der Waals surface area contributed by atoms with Gasteiger partial charge in [-0.3, -0.25) is 4.98 Å². The molecule has 0 atom stereocenters. The number of aryl methyl sites for hydroxylation is 1. The average Bonchev–Trinajstić information content (AvgIpc) is 2.13. The van der Waals surface area contributed by atoms with Gasteiger partial charge in [0.25, 0.3) is 0 Å². The number of rotatable bonds is 4. The molecular weight excluding hydrogens is 205 g/mol. The van der Waals surface area contributed by atoms with Gasteiger partial charge in [0.1, 0.15) is 0 Å². The number of hydrogen-bond donors (Lipinski definition) is 1. The van der Waals surface area contributed by atoms with Crippen LogP contribution in [0.2, 0.25) is 0 Å². The number of halogens is 3. The Morgan fingerprint density at radius 3 is 2.73 bits per heavy atom. The third-order valence-electron chi connectivity index (χ3n) is 2.02. The summed E-state index contributed by atoms with van der Waals surface area (Å²) in [4.78, 5) is 4.04. The van der Waals surface area contributed by atoms with Crippen molar-refractivity contribution in [3.05, 3.63) is 29.6 Å². The van der Waals surface area contributed by atoms with Crippen molar-refractivity contribution < 1.29 is 13.2 Å². The maximum absolute atomic E-state index is 11.8. The Hall–Kier alpha value is -1.10. The Labute approximate surface area is 86.5 Å². The first-order valence-corrected chi connectivity index (χ1v) is 4.67. The van der Waals surface area contributed by atoms with E-state index in [-0.39, 0.29) is 6.54 Å². The molecule has 0 aliphatic rings. The van der Waals surface area contributed by atoms with Gasteiger partial charge in [-0.05, 0) is 18.6 Å². The fraction of sp³-hybridized carbons (Fsp3) is 0.500. The Morgan fingerprint density at radius 2 is 2.13 bits per heavy atom.